The van der Waals surface area contributed by atoms with E-state index in [-0.39, 0.29) is 12.1 Å². The number of hydrogen-bond acceptors (Lipinski definition) is 3. The minimum atomic E-state index is -0.110. The summed E-state index contributed by atoms with van der Waals surface area (Å²) < 4.78 is 7.48. The van der Waals surface area contributed by atoms with Crippen molar-refractivity contribution in [2.75, 3.05) is 19.8 Å². The predicted octanol–water partition coefficient (Wildman–Crippen LogP) is 0.844. The van der Waals surface area contributed by atoms with Crippen molar-refractivity contribution in [2.24, 2.45) is 0 Å². The second-order valence-electron chi connectivity index (χ2n) is 5.26. The minimum absolute atomic E-state index is 0.110. The number of carbonyl (C=O) groups excluding carboxylic acids is 1. The highest BCUT2D eigenvalue weighted by atomic mass is 16.5. The number of nitrogens with one attached hydrogen (secondary N) is 2. The lowest BCUT2D eigenvalue weighted by atomic mass is 10.1. The van der Waals surface area contributed by atoms with Crippen molar-refractivity contribution in [3.63, 3.8) is 0 Å². The van der Waals surface area contributed by atoms with Crippen LogP contribution in [0.15, 0.2) is 24.0 Å². The smallest absolute Gasteiger partial charge is 0.315 e. The molecule has 20 heavy (non-hydrogen) atoms. The number of imidazole rings is 1. The summed E-state index contributed by atoms with van der Waals surface area (Å²) in [6, 6.07) is 0.0583. The van der Waals surface area contributed by atoms with Crippen molar-refractivity contribution in [2.45, 2.75) is 31.8 Å². The number of fused-ring (bicyclic) bond motifs is 1. The van der Waals surface area contributed by atoms with Crippen LogP contribution in [0.3, 0.4) is 0 Å². The number of amides is 2. The van der Waals surface area contributed by atoms with Gasteiger partial charge in [0.25, 0.3) is 0 Å². The Bertz CT molecular complexity index is 509. The Hall–Kier alpha value is -1.82. The van der Waals surface area contributed by atoms with Crippen LogP contribution in [0.25, 0.3) is 0 Å². The van der Waals surface area contributed by atoms with E-state index in [1.165, 1.54) is 0 Å². The number of aryl methyl sites for hydroxylation is 1. The highest BCUT2D eigenvalue weighted by Gasteiger charge is 2.20. The topological polar surface area (TPSA) is 68.2 Å². The molecule has 0 spiro atoms. The molecule has 0 bridgehead atoms. The lowest BCUT2D eigenvalue weighted by Gasteiger charge is -2.24. The van der Waals surface area contributed by atoms with Gasteiger partial charge in [-0.05, 0) is 18.4 Å². The van der Waals surface area contributed by atoms with E-state index in [1.807, 2.05) is 12.4 Å². The van der Waals surface area contributed by atoms with E-state index < -0.39 is 0 Å². The zero-order valence-corrected chi connectivity index (χ0v) is 11.5. The van der Waals surface area contributed by atoms with Gasteiger partial charge in [-0.15, -0.1) is 0 Å². The zero-order valence-electron chi connectivity index (χ0n) is 11.5. The van der Waals surface area contributed by atoms with E-state index in [0.29, 0.717) is 13.2 Å². The summed E-state index contributed by atoms with van der Waals surface area (Å²) in [5, 5.41) is 5.91. The molecule has 2 aliphatic heterocycles. The summed E-state index contributed by atoms with van der Waals surface area (Å²) >= 11 is 0. The van der Waals surface area contributed by atoms with Crippen LogP contribution in [0, 0.1) is 0 Å². The number of rotatable bonds is 3. The number of urea groups is 1. The van der Waals surface area contributed by atoms with Crippen LogP contribution >= 0.6 is 0 Å². The maximum atomic E-state index is 11.9. The van der Waals surface area contributed by atoms with Gasteiger partial charge < -0.3 is 19.9 Å². The zero-order chi connectivity index (χ0) is 13.8. The number of carbonyl (C=O) groups is 1. The number of hydrogen-bond donors (Lipinski definition) is 2. The van der Waals surface area contributed by atoms with Crippen LogP contribution in [0.2, 0.25) is 0 Å². The lowest BCUT2D eigenvalue weighted by molar-refractivity contribution is 0.149. The van der Waals surface area contributed by atoms with E-state index in [1.54, 1.807) is 0 Å². The van der Waals surface area contributed by atoms with Gasteiger partial charge >= 0.3 is 6.03 Å². The van der Waals surface area contributed by atoms with Crippen molar-refractivity contribution < 1.29 is 9.53 Å². The fourth-order valence-electron chi connectivity index (χ4n) is 2.64. The lowest BCUT2D eigenvalue weighted by Crippen LogP contribution is -2.46. The molecule has 0 fully saturated rings. The highest BCUT2D eigenvalue weighted by molar-refractivity contribution is 5.74. The molecular weight excluding hydrogens is 256 g/mol. The third kappa shape index (κ3) is 3.19. The Morgan fingerprint density at radius 1 is 1.55 bits per heavy atom. The molecule has 0 aliphatic carbocycles. The molecule has 2 amide bonds. The normalized spacial score (nSPS) is 21.8. The van der Waals surface area contributed by atoms with Crippen LogP contribution in [0.5, 0.6) is 0 Å². The second-order valence-corrected chi connectivity index (χ2v) is 5.26. The van der Waals surface area contributed by atoms with E-state index in [2.05, 4.69) is 26.3 Å². The quantitative estimate of drug-likeness (QED) is 0.804. The Balaban J connectivity index is 1.44. The van der Waals surface area contributed by atoms with Crippen LogP contribution < -0.4 is 10.6 Å². The molecular formula is C14H20N4O2. The number of aromatic nitrogens is 2. The first-order chi connectivity index (χ1) is 9.81. The first-order valence-corrected chi connectivity index (χ1v) is 7.11. The predicted molar refractivity (Wildman–Crippen MR) is 74.4 cm³/mol. The average molecular weight is 276 g/mol. The van der Waals surface area contributed by atoms with Gasteiger partial charge in [0, 0.05) is 37.9 Å². The molecule has 2 N–H and O–H groups in total. The molecule has 0 radical (unpaired) electrons. The highest BCUT2D eigenvalue weighted by Crippen LogP contribution is 2.13. The molecule has 0 saturated heterocycles. The average Bonchev–Trinajstić information content (AvgIpc) is 2.94. The second kappa shape index (κ2) is 6.09. The van der Waals surface area contributed by atoms with Crippen LogP contribution in [0.4, 0.5) is 4.79 Å². The maximum Gasteiger partial charge on any atom is 0.315 e. The van der Waals surface area contributed by atoms with Crippen molar-refractivity contribution >= 4 is 6.03 Å². The first kappa shape index (κ1) is 13.2. The van der Waals surface area contributed by atoms with E-state index in [9.17, 15) is 4.79 Å². The van der Waals surface area contributed by atoms with Crippen LogP contribution in [0.1, 0.15) is 18.7 Å². The molecule has 108 valence electrons. The third-order valence-corrected chi connectivity index (χ3v) is 3.74. The molecule has 1 aromatic heterocycles. The third-order valence-electron chi connectivity index (χ3n) is 3.74. The first-order valence-electron chi connectivity index (χ1n) is 7.11. The molecule has 6 heteroatoms. The van der Waals surface area contributed by atoms with Gasteiger partial charge in [-0.25, -0.2) is 9.78 Å². The Morgan fingerprint density at radius 2 is 2.50 bits per heavy atom. The SMILES string of the molecule is O=C(NCC1=CCCOC1)NC1CCn2ccnc2C1. The van der Waals surface area contributed by atoms with Crippen LogP contribution in [-0.4, -0.2) is 41.4 Å². The summed E-state index contributed by atoms with van der Waals surface area (Å²) in [5.74, 6) is 1.05. The monoisotopic (exact) mass is 276 g/mol. The van der Waals surface area contributed by atoms with Crippen molar-refractivity contribution in [3.05, 3.63) is 29.9 Å². The molecule has 6 nitrogen and oxygen atoms in total. The molecule has 1 aromatic rings. The van der Waals surface area contributed by atoms with E-state index in [0.717, 1.165) is 43.8 Å². The number of nitrogens with zero attached hydrogens (tertiary/aromatic N) is 2. The summed E-state index contributed by atoms with van der Waals surface area (Å²) in [6.45, 7) is 2.89. The van der Waals surface area contributed by atoms with Gasteiger partial charge in [0.1, 0.15) is 5.82 Å². The molecule has 3 heterocycles. The van der Waals surface area contributed by atoms with Crippen molar-refractivity contribution in [3.8, 4) is 0 Å². The van der Waals surface area contributed by atoms with Gasteiger partial charge in [-0.1, -0.05) is 6.08 Å². The van der Waals surface area contributed by atoms with Crippen molar-refractivity contribution in [1.29, 1.82) is 0 Å². The molecule has 0 saturated carbocycles. The summed E-state index contributed by atoms with van der Waals surface area (Å²) in [4.78, 5) is 16.2. The van der Waals surface area contributed by atoms with Gasteiger partial charge in [-0.2, -0.15) is 0 Å². The van der Waals surface area contributed by atoms with Gasteiger partial charge in [0.15, 0.2) is 0 Å². The fraction of sp³-hybridized carbons (Fsp3) is 0.571. The van der Waals surface area contributed by atoms with Crippen molar-refractivity contribution in [1.82, 2.24) is 20.2 Å². The maximum absolute atomic E-state index is 11.9. The Kier molecular flexibility index (Phi) is 4.01. The Morgan fingerprint density at radius 3 is 3.35 bits per heavy atom. The van der Waals surface area contributed by atoms with Gasteiger partial charge in [0.05, 0.1) is 13.2 Å². The summed E-state index contributed by atoms with van der Waals surface area (Å²) in [6.07, 6.45) is 8.62. The number of ether oxygens (including phenoxy) is 1. The van der Waals surface area contributed by atoms with Gasteiger partial charge in [0.2, 0.25) is 0 Å². The summed E-state index contributed by atoms with van der Waals surface area (Å²) in [7, 11) is 0. The van der Waals surface area contributed by atoms with Gasteiger partial charge in [-0.3, -0.25) is 0 Å². The molecule has 2 aliphatic rings. The molecule has 3 rings (SSSR count). The molecule has 1 unspecified atom stereocenters. The van der Waals surface area contributed by atoms with E-state index in [4.69, 9.17) is 4.74 Å². The van der Waals surface area contributed by atoms with E-state index >= 15 is 0 Å². The molecule has 0 aromatic carbocycles. The summed E-state index contributed by atoms with van der Waals surface area (Å²) in [5.41, 5.74) is 1.14. The standard InChI is InChI=1S/C14H20N4O2/c19-14(16-9-11-2-1-7-20-10-11)17-12-3-5-18-6-4-15-13(18)8-12/h2,4,6,12H,1,3,5,7-10H2,(H2,16,17,19). The fourth-order valence-corrected chi connectivity index (χ4v) is 2.64. The Labute approximate surface area is 118 Å². The van der Waals surface area contributed by atoms with Crippen LogP contribution in [-0.2, 0) is 17.7 Å². The molecule has 1 atom stereocenters. The minimum Gasteiger partial charge on any atom is -0.377 e. The largest absolute Gasteiger partial charge is 0.377 e.